The summed E-state index contributed by atoms with van der Waals surface area (Å²) in [5.74, 6) is 0.780. The zero-order valence-corrected chi connectivity index (χ0v) is 11.7. The van der Waals surface area contributed by atoms with Crippen LogP contribution in [0.4, 0.5) is 8.78 Å². The Morgan fingerprint density at radius 3 is 3.00 bits per heavy atom. The summed E-state index contributed by atoms with van der Waals surface area (Å²) in [6, 6.07) is 1.74. The average Bonchev–Trinajstić information content (AvgIpc) is 3.10. The molecule has 0 aliphatic carbocycles. The molecule has 0 atom stereocenters. The summed E-state index contributed by atoms with van der Waals surface area (Å²) in [5, 5.41) is 6.79. The smallest absolute Gasteiger partial charge is 0.319 e. The topological polar surface area (TPSA) is 71.5 Å². The Kier molecular flexibility index (Phi) is 4.85. The van der Waals surface area contributed by atoms with Gasteiger partial charge in [-0.1, -0.05) is 5.16 Å². The second kappa shape index (κ2) is 6.82. The lowest BCUT2D eigenvalue weighted by atomic mass is 10.4. The van der Waals surface area contributed by atoms with Gasteiger partial charge in [0.2, 0.25) is 0 Å². The molecule has 114 valence electrons. The number of rotatable bonds is 5. The first-order valence-electron chi connectivity index (χ1n) is 6.22. The van der Waals surface area contributed by atoms with Gasteiger partial charge in [0.05, 0.1) is 13.1 Å². The maximum Gasteiger partial charge on any atom is 0.319 e. The number of hydrogen-bond donors (Lipinski definition) is 1. The Hall–Kier alpha value is -2.45. The van der Waals surface area contributed by atoms with Crippen molar-refractivity contribution >= 4 is 5.96 Å². The fourth-order valence-corrected chi connectivity index (χ4v) is 1.84. The number of halogens is 2. The third kappa shape index (κ3) is 3.77. The third-order valence-corrected chi connectivity index (χ3v) is 2.83. The Morgan fingerprint density at radius 2 is 2.38 bits per heavy atom. The summed E-state index contributed by atoms with van der Waals surface area (Å²) >= 11 is 0. The minimum atomic E-state index is -2.61. The monoisotopic (exact) mass is 298 g/mol. The first kappa shape index (κ1) is 14.9. The van der Waals surface area contributed by atoms with E-state index in [0.29, 0.717) is 12.5 Å². The molecule has 2 aromatic rings. The molecule has 0 amide bonds. The Balaban J connectivity index is 1.95. The highest BCUT2D eigenvalue weighted by atomic mass is 19.3. The molecule has 1 N–H and O–H groups in total. The van der Waals surface area contributed by atoms with Gasteiger partial charge in [-0.15, -0.1) is 0 Å². The summed E-state index contributed by atoms with van der Waals surface area (Å²) in [5.41, 5.74) is 0.745. The lowest BCUT2D eigenvalue weighted by Crippen LogP contribution is -2.38. The Labute approximate surface area is 120 Å². The van der Waals surface area contributed by atoms with Crippen molar-refractivity contribution in [2.24, 2.45) is 4.99 Å². The molecule has 2 rings (SSSR count). The third-order valence-electron chi connectivity index (χ3n) is 2.83. The molecule has 0 radical (unpaired) electrons. The molecular formula is C12H16F2N6O. The highest BCUT2D eigenvalue weighted by Gasteiger charge is 2.13. The minimum Gasteiger partial charge on any atom is -0.364 e. The van der Waals surface area contributed by atoms with Crippen molar-refractivity contribution in [2.75, 3.05) is 14.1 Å². The van der Waals surface area contributed by atoms with Gasteiger partial charge in [0.1, 0.15) is 17.8 Å². The van der Waals surface area contributed by atoms with Gasteiger partial charge in [-0.2, -0.15) is 8.78 Å². The molecule has 0 spiro atoms. The highest BCUT2D eigenvalue weighted by molar-refractivity contribution is 5.79. The SMILES string of the molecule is CN=C(NCc1nccn1C(F)F)N(C)Cc1ccon1. The molecule has 0 saturated carbocycles. The molecule has 0 bridgehead atoms. The quantitative estimate of drug-likeness (QED) is 0.668. The summed E-state index contributed by atoms with van der Waals surface area (Å²) in [6.45, 7) is -1.98. The predicted molar refractivity (Wildman–Crippen MR) is 71.6 cm³/mol. The lowest BCUT2D eigenvalue weighted by molar-refractivity contribution is 0.0668. The van der Waals surface area contributed by atoms with Crippen LogP contribution in [0.2, 0.25) is 0 Å². The molecule has 0 unspecified atom stereocenters. The average molecular weight is 298 g/mol. The molecule has 2 aromatic heterocycles. The summed E-state index contributed by atoms with van der Waals surface area (Å²) in [7, 11) is 3.42. The number of aliphatic imine (C=N–C) groups is 1. The lowest BCUT2D eigenvalue weighted by Gasteiger charge is -2.21. The summed E-state index contributed by atoms with van der Waals surface area (Å²) < 4.78 is 31.0. The van der Waals surface area contributed by atoms with Crippen molar-refractivity contribution in [1.82, 2.24) is 24.9 Å². The van der Waals surface area contributed by atoms with Crippen LogP contribution in [0.5, 0.6) is 0 Å². The molecule has 0 aliphatic heterocycles. The van der Waals surface area contributed by atoms with E-state index in [2.05, 4.69) is 20.4 Å². The molecule has 9 heteroatoms. The zero-order valence-electron chi connectivity index (χ0n) is 11.7. The maximum atomic E-state index is 12.7. The van der Waals surface area contributed by atoms with Crippen LogP contribution >= 0.6 is 0 Å². The highest BCUT2D eigenvalue weighted by Crippen LogP contribution is 2.12. The normalized spacial score (nSPS) is 12.0. The first-order chi connectivity index (χ1) is 10.1. The van der Waals surface area contributed by atoms with E-state index in [1.165, 1.54) is 18.7 Å². The predicted octanol–water partition coefficient (Wildman–Crippen LogP) is 1.47. The number of imidazole rings is 1. The van der Waals surface area contributed by atoms with E-state index in [0.717, 1.165) is 10.3 Å². The largest absolute Gasteiger partial charge is 0.364 e. The van der Waals surface area contributed by atoms with Gasteiger partial charge in [0.25, 0.3) is 0 Å². The van der Waals surface area contributed by atoms with Crippen molar-refractivity contribution in [3.63, 3.8) is 0 Å². The van der Waals surface area contributed by atoms with Gasteiger partial charge in [0, 0.05) is 32.6 Å². The van der Waals surface area contributed by atoms with Gasteiger partial charge in [-0.25, -0.2) is 4.98 Å². The number of guanidine groups is 1. The van der Waals surface area contributed by atoms with Crippen LogP contribution in [0.15, 0.2) is 34.2 Å². The van der Waals surface area contributed by atoms with Crippen LogP contribution in [-0.4, -0.2) is 39.7 Å². The van der Waals surface area contributed by atoms with E-state index >= 15 is 0 Å². The number of nitrogens with zero attached hydrogens (tertiary/aromatic N) is 5. The van der Waals surface area contributed by atoms with Crippen molar-refractivity contribution in [3.8, 4) is 0 Å². The van der Waals surface area contributed by atoms with Crippen LogP contribution in [0, 0.1) is 0 Å². The Morgan fingerprint density at radius 1 is 1.57 bits per heavy atom. The summed E-state index contributed by atoms with van der Waals surface area (Å²) in [6.07, 6.45) is 4.06. The molecule has 0 saturated heterocycles. The van der Waals surface area contributed by atoms with E-state index in [4.69, 9.17) is 4.52 Å². The number of nitrogens with one attached hydrogen (secondary N) is 1. The van der Waals surface area contributed by atoms with Gasteiger partial charge < -0.3 is 14.7 Å². The van der Waals surface area contributed by atoms with Gasteiger partial charge in [0.15, 0.2) is 5.96 Å². The van der Waals surface area contributed by atoms with E-state index in [1.807, 2.05) is 7.05 Å². The summed E-state index contributed by atoms with van der Waals surface area (Å²) in [4.78, 5) is 9.79. The van der Waals surface area contributed by atoms with Gasteiger partial charge in [-0.05, 0) is 0 Å². The van der Waals surface area contributed by atoms with Crippen LogP contribution < -0.4 is 5.32 Å². The zero-order chi connectivity index (χ0) is 15.2. The second-order valence-corrected chi connectivity index (χ2v) is 4.28. The maximum absolute atomic E-state index is 12.7. The number of hydrogen-bond acceptors (Lipinski definition) is 4. The van der Waals surface area contributed by atoms with E-state index < -0.39 is 6.55 Å². The van der Waals surface area contributed by atoms with Crippen molar-refractivity contribution in [2.45, 2.75) is 19.6 Å². The van der Waals surface area contributed by atoms with E-state index in [1.54, 1.807) is 18.0 Å². The van der Waals surface area contributed by atoms with Crippen molar-refractivity contribution in [1.29, 1.82) is 0 Å². The molecule has 0 fully saturated rings. The number of alkyl halides is 2. The molecule has 0 aromatic carbocycles. The molecule has 0 aliphatic rings. The molecule has 7 nitrogen and oxygen atoms in total. The first-order valence-corrected chi connectivity index (χ1v) is 6.22. The molecule has 2 heterocycles. The standard InChI is InChI=1S/C12H16F2N6O/c1-15-12(19(2)8-9-3-6-21-18-9)17-7-10-16-4-5-20(10)11(13)14/h3-6,11H,7-8H2,1-2H3,(H,15,17). The van der Waals surface area contributed by atoms with Crippen LogP contribution in [-0.2, 0) is 13.1 Å². The van der Waals surface area contributed by atoms with Crippen molar-refractivity contribution < 1.29 is 13.3 Å². The van der Waals surface area contributed by atoms with Crippen LogP contribution in [0.3, 0.4) is 0 Å². The van der Waals surface area contributed by atoms with Crippen LogP contribution in [0.1, 0.15) is 18.1 Å². The number of aromatic nitrogens is 3. The van der Waals surface area contributed by atoms with Crippen molar-refractivity contribution in [3.05, 3.63) is 36.2 Å². The molecular weight excluding hydrogens is 282 g/mol. The van der Waals surface area contributed by atoms with E-state index in [-0.39, 0.29) is 12.4 Å². The second-order valence-electron chi connectivity index (χ2n) is 4.28. The minimum absolute atomic E-state index is 0.146. The van der Waals surface area contributed by atoms with Gasteiger partial charge >= 0.3 is 6.55 Å². The van der Waals surface area contributed by atoms with E-state index in [9.17, 15) is 8.78 Å². The Bertz CT molecular complexity index is 580. The van der Waals surface area contributed by atoms with Gasteiger partial charge in [-0.3, -0.25) is 9.56 Å². The van der Waals surface area contributed by atoms with Crippen LogP contribution in [0.25, 0.3) is 0 Å². The fraction of sp³-hybridized carbons (Fsp3) is 0.417. The molecule has 21 heavy (non-hydrogen) atoms. The fourth-order valence-electron chi connectivity index (χ4n) is 1.84.